The molecule has 0 bridgehead atoms. The third kappa shape index (κ3) is 5.04. The molecule has 0 atom stereocenters. The third-order valence-electron chi connectivity index (χ3n) is 3.52. The summed E-state index contributed by atoms with van der Waals surface area (Å²) in [5.74, 6) is 0.805. The molecule has 2 aliphatic rings. The maximum Gasteiger partial charge on any atom is 0.209 e. The molecule has 17 heavy (non-hydrogen) atoms. The second-order valence-electron chi connectivity index (χ2n) is 4.64. The molecule has 0 aromatic carbocycles. The highest BCUT2D eigenvalue weighted by Gasteiger charge is 2.21. The molecule has 0 aromatic rings. The average Bonchev–Trinajstić information content (AvgIpc) is 2.43. The summed E-state index contributed by atoms with van der Waals surface area (Å²) in [7, 11) is 0. The molecule has 0 unspecified atom stereocenters. The first kappa shape index (κ1) is 14.5. The van der Waals surface area contributed by atoms with Gasteiger partial charge in [-0.15, -0.1) is 0 Å². The molecule has 100 valence electrons. The highest BCUT2D eigenvalue weighted by atomic mass is 16.1. The van der Waals surface area contributed by atoms with Crippen molar-refractivity contribution in [2.75, 3.05) is 45.8 Å². The van der Waals surface area contributed by atoms with Crippen LogP contribution in [0.5, 0.6) is 0 Å². The zero-order chi connectivity index (χ0) is 12.5. The second-order valence-corrected chi connectivity index (χ2v) is 4.64. The van der Waals surface area contributed by atoms with E-state index in [0.29, 0.717) is 0 Å². The van der Waals surface area contributed by atoms with Crippen molar-refractivity contribution in [2.24, 2.45) is 5.92 Å². The summed E-state index contributed by atoms with van der Waals surface area (Å²) in [6.07, 6.45) is 3.35. The first-order valence-electron chi connectivity index (χ1n) is 7.01. The monoisotopic (exact) mass is 241 g/mol. The van der Waals surface area contributed by atoms with Crippen molar-refractivity contribution in [2.45, 2.75) is 26.7 Å². The van der Waals surface area contributed by atoms with E-state index in [4.69, 9.17) is 0 Å². The van der Waals surface area contributed by atoms with Gasteiger partial charge in [0.05, 0.1) is 0 Å². The fraction of sp³-hybridized carbons (Fsp3) is 0.923. The Bertz CT molecular complexity index is 197. The fourth-order valence-corrected chi connectivity index (χ4v) is 2.50. The Hall–Kier alpha value is -0.610. The minimum Gasteiger partial charge on any atom is -0.345 e. The van der Waals surface area contributed by atoms with Crippen molar-refractivity contribution < 1.29 is 4.79 Å². The van der Waals surface area contributed by atoms with Gasteiger partial charge in [-0.1, -0.05) is 13.8 Å². The molecule has 4 nitrogen and oxygen atoms in total. The second kappa shape index (κ2) is 8.48. The van der Waals surface area contributed by atoms with Crippen LogP contribution in [-0.2, 0) is 4.79 Å². The number of piperidine rings is 1. The molecule has 2 saturated heterocycles. The quantitative estimate of drug-likeness (QED) is 0.742. The van der Waals surface area contributed by atoms with Crippen LogP contribution in [0.15, 0.2) is 0 Å². The largest absolute Gasteiger partial charge is 0.345 e. The van der Waals surface area contributed by atoms with E-state index in [1.54, 1.807) is 0 Å². The fourth-order valence-electron chi connectivity index (χ4n) is 2.50. The molecule has 2 heterocycles. The van der Waals surface area contributed by atoms with Gasteiger partial charge in [-0.25, -0.2) is 0 Å². The summed E-state index contributed by atoms with van der Waals surface area (Å²) in [5.41, 5.74) is 0. The van der Waals surface area contributed by atoms with Gasteiger partial charge in [0.25, 0.3) is 0 Å². The molecule has 0 saturated carbocycles. The number of nitrogens with zero attached hydrogens (tertiary/aromatic N) is 2. The summed E-state index contributed by atoms with van der Waals surface area (Å²) in [5, 5.41) is 3.37. The highest BCUT2D eigenvalue weighted by molar-refractivity contribution is 5.47. The summed E-state index contributed by atoms with van der Waals surface area (Å²) < 4.78 is 0. The molecular formula is C13H27N3O. The van der Waals surface area contributed by atoms with Crippen molar-refractivity contribution in [1.82, 2.24) is 15.1 Å². The molecular weight excluding hydrogens is 214 g/mol. The van der Waals surface area contributed by atoms with Crippen LogP contribution in [0.25, 0.3) is 0 Å². The van der Waals surface area contributed by atoms with Gasteiger partial charge < -0.3 is 15.1 Å². The Balaban J connectivity index is 0.000000686. The molecule has 0 radical (unpaired) electrons. The third-order valence-corrected chi connectivity index (χ3v) is 3.52. The van der Waals surface area contributed by atoms with Crippen molar-refractivity contribution in [3.63, 3.8) is 0 Å². The standard InChI is InChI=1S/C11H21N3O.C2H6/c15-10-14-5-1-11(2-6-14)9-13-7-3-12-4-8-13;1-2/h10-12H,1-9H2;1-2H3. The zero-order valence-electron chi connectivity index (χ0n) is 11.3. The van der Waals surface area contributed by atoms with Crippen LogP contribution in [0.1, 0.15) is 26.7 Å². The Morgan fingerprint density at radius 2 is 1.71 bits per heavy atom. The van der Waals surface area contributed by atoms with E-state index >= 15 is 0 Å². The number of rotatable bonds is 3. The van der Waals surface area contributed by atoms with E-state index in [1.807, 2.05) is 18.7 Å². The molecule has 0 spiro atoms. The Morgan fingerprint density at radius 3 is 2.24 bits per heavy atom. The van der Waals surface area contributed by atoms with Crippen LogP contribution in [-0.4, -0.2) is 62.0 Å². The minimum atomic E-state index is 0.805. The number of amides is 1. The zero-order valence-corrected chi connectivity index (χ0v) is 11.3. The van der Waals surface area contributed by atoms with Crippen LogP contribution in [0, 0.1) is 5.92 Å². The maximum absolute atomic E-state index is 10.6. The van der Waals surface area contributed by atoms with Crippen LogP contribution in [0.3, 0.4) is 0 Å². The topological polar surface area (TPSA) is 35.6 Å². The molecule has 2 fully saturated rings. The van der Waals surface area contributed by atoms with Crippen LogP contribution >= 0.6 is 0 Å². The van der Waals surface area contributed by atoms with E-state index < -0.39 is 0 Å². The van der Waals surface area contributed by atoms with Crippen molar-refractivity contribution in [1.29, 1.82) is 0 Å². The summed E-state index contributed by atoms with van der Waals surface area (Å²) in [4.78, 5) is 15.0. The van der Waals surface area contributed by atoms with Crippen molar-refractivity contribution in [3.8, 4) is 0 Å². The normalized spacial score (nSPS) is 22.8. The van der Waals surface area contributed by atoms with E-state index in [9.17, 15) is 4.79 Å². The number of hydrogen-bond donors (Lipinski definition) is 1. The van der Waals surface area contributed by atoms with Crippen LogP contribution < -0.4 is 5.32 Å². The molecule has 4 heteroatoms. The van der Waals surface area contributed by atoms with Gasteiger partial charge in [-0.05, 0) is 18.8 Å². The molecule has 2 aliphatic heterocycles. The number of carbonyl (C=O) groups is 1. The van der Waals surface area contributed by atoms with Gasteiger partial charge >= 0.3 is 0 Å². The summed E-state index contributed by atoms with van der Waals surface area (Å²) in [6, 6.07) is 0. The Morgan fingerprint density at radius 1 is 1.12 bits per heavy atom. The predicted octanol–water partition coefficient (Wildman–Crippen LogP) is 0.786. The van der Waals surface area contributed by atoms with Gasteiger partial charge in [-0.3, -0.25) is 4.79 Å². The Labute approximate surface area is 105 Å². The minimum absolute atomic E-state index is 0.805. The van der Waals surface area contributed by atoms with Gasteiger partial charge in [0.15, 0.2) is 0 Å². The van der Waals surface area contributed by atoms with E-state index in [2.05, 4.69) is 10.2 Å². The van der Waals surface area contributed by atoms with Crippen molar-refractivity contribution in [3.05, 3.63) is 0 Å². The molecule has 0 aromatic heterocycles. The SMILES string of the molecule is CC.O=CN1CCC(CN2CCNCC2)CC1. The lowest BCUT2D eigenvalue weighted by atomic mass is 9.96. The summed E-state index contributed by atoms with van der Waals surface area (Å²) in [6.45, 7) is 11.8. The highest BCUT2D eigenvalue weighted by Crippen LogP contribution is 2.17. The van der Waals surface area contributed by atoms with Gasteiger partial charge in [-0.2, -0.15) is 0 Å². The van der Waals surface area contributed by atoms with E-state index in [-0.39, 0.29) is 0 Å². The van der Waals surface area contributed by atoms with Crippen molar-refractivity contribution >= 4 is 6.41 Å². The molecule has 2 rings (SSSR count). The lowest BCUT2D eigenvalue weighted by Crippen LogP contribution is -2.46. The predicted molar refractivity (Wildman–Crippen MR) is 71.0 cm³/mol. The molecule has 1 amide bonds. The van der Waals surface area contributed by atoms with Gasteiger partial charge in [0.2, 0.25) is 6.41 Å². The number of carbonyl (C=O) groups excluding carboxylic acids is 1. The van der Waals surface area contributed by atoms with Crippen LogP contribution in [0.4, 0.5) is 0 Å². The maximum atomic E-state index is 10.6. The first-order chi connectivity index (χ1) is 8.38. The number of likely N-dealkylation sites (tertiary alicyclic amines) is 1. The van der Waals surface area contributed by atoms with Gasteiger partial charge in [0.1, 0.15) is 0 Å². The number of nitrogens with one attached hydrogen (secondary N) is 1. The molecule has 1 N–H and O–H groups in total. The lowest BCUT2D eigenvalue weighted by molar-refractivity contribution is -0.119. The number of hydrogen-bond acceptors (Lipinski definition) is 3. The molecule has 0 aliphatic carbocycles. The average molecular weight is 241 g/mol. The number of piperazine rings is 1. The van der Waals surface area contributed by atoms with E-state index in [1.165, 1.54) is 32.5 Å². The Kier molecular flexibility index (Phi) is 7.21. The first-order valence-corrected chi connectivity index (χ1v) is 7.01. The van der Waals surface area contributed by atoms with Crippen LogP contribution in [0.2, 0.25) is 0 Å². The smallest absolute Gasteiger partial charge is 0.209 e. The summed E-state index contributed by atoms with van der Waals surface area (Å²) >= 11 is 0. The lowest BCUT2D eigenvalue weighted by Gasteiger charge is -2.34. The van der Waals surface area contributed by atoms with Gasteiger partial charge in [0, 0.05) is 45.8 Å². The van der Waals surface area contributed by atoms with E-state index in [0.717, 1.165) is 38.5 Å².